The number of benzene rings is 3. The molecule has 5 heteroatoms. The predicted molar refractivity (Wildman–Crippen MR) is 143 cm³/mol. The molecule has 0 N–H and O–H groups in total. The Labute approximate surface area is 208 Å². The van der Waals surface area contributed by atoms with Gasteiger partial charge in [0.15, 0.2) is 5.76 Å². The number of carbonyl (C=O) groups excluding carboxylic acids is 1. The standard InChI is InChI=1S/C30H36N2O3/c1-31(2)30(33)29(34-3)22-27-11-6-7-12-28(27)35-20-8-17-32-18-15-24(16-19-32)26-14-13-23-9-4-5-10-25(23)21-26/h4-7,9-14,21-22,24H,8,15-20H2,1-3H3/b29-22-. The molecule has 3 aromatic carbocycles. The summed E-state index contributed by atoms with van der Waals surface area (Å²) in [5.74, 6) is 1.53. The second kappa shape index (κ2) is 11.9. The van der Waals surface area contributed by atoms with Crippen molar-refractivity contribution in [1.29, 1.82) is 0 Å². The number of methoxy groups -OCH3 is 1. The molecule has 184 valence electrons. The minimum atomic E-state index is -0.172. The van der Waals surface area contributed by atoms with Gasteiger partial charge in [0.25, 0.3) is 5.91 Å². The Hall–Kier alpha value is -3.31. The van der Waals surface area contributed by atoms with E-state index in [1.165, 1.54) is 41.2 Å². The third-order valence-electron chi connectivity index (χ3n) is 6.75. The van der Waals surface area contributed by atoms with Crippen LogP contribution in [0.3, 0.4) is 0 Å². The van der Waals surface area contributed by atoms with E-state index in [1.807, 2.05) is 24.3 Å². The Balaban J connectivity index is 1.25. The Morgan fingerprint density at radius 3 is 2.46 bits per heavy atom. The van der Waals surface area contributed by atoms with Gasteiger partial charge in [0.05, 0.1) is 13.7 Å². The van der Waals surface area contributed by atoms with E-state index < -0.39 is 0 Å². The van der Waals surface area contributed by atoms with Crippen molar-refractivity contribution in [3.63, 3.8) is 0 Å². The molecule has 0 aromatic heterocycles. The van der Waals surface area contributed by atoms with E-state index >= 15 is 0 Å². The average molecular weight is 473 g/mol. The van der Waals surface area contributed by atoms with Crippen molar-refractivity contribution < 1.29 is 14.3 Å². The minimum absolute atomic E-state index is 0.172. The van der Waals surface area contributed by atoms with Gasteiger partial charge in [-0.25, -0.2) is 0 Å². The molecule has 1 amide bonds. The number of carbonyl (C=O) groups is 1. The number of piperidine rings is 1. The molecule has 0 spiro atoms. The van der Waals surface area contributed by atoms with Gasteiger partial charge in [0.2, 0.25) is 0 Å². The molecule has 1 saturated heterocycles. The van der Waals surface area contributed by atoms with E-state index in [-0.39, 0.29) is 5.91 Å². The highest BCUT2D eigenvalue weighted by atomic mass is 16.5. The molecule has 0 radical (unpaired) electrons. The van der Waals surface area contributed by atoms with Crippen LogP contribution >= 0.6 is 0 Å². The quantitative estimate of drug-likeness (QED) is 0.232. The Morgan fingerprint density at radius 2 is 1.71 bits per heavy atom. The van der Waals surface area contributed by atoms with Crippen molar-refractivity contribution in [2.24, 2.45) is 0 Å². The molecular formula is C30H36N2O3. The highest BCUT2D eigenvalue weighted by Crippen LogP contribution is 2.30. The molecule has 35 heavy (non-hydrogen) atoms. The number of para-hydroxylation sites is 1. The van der Waals surface area contributed by atoms with Gasteiger partial charge in [0, 0.05) is 26.2 Å². The van der Waals surface area contributed by atoms with E-state index in [9.17, 15) is 4.79 Å². The van der Waals surface area contributed by atoms with Gasteiger partial charge >= 0.3 is 0 Å². The van der Waals surface area contributed by atoms with E-state index in [1.54, 1.807) is 20.2 Å². The number of fused-ring (bicyclic) bond motifs is 1. The van der Waals surface area contributed by atoms with E-state index in [0.717, 1.165) is 37.4 Å². The number of hydrogen-bond acceptors (Lipinski definition) is 4. The first-order chi connectivity index (χ1) is 17.0. The molecule has 3 aromatic rings. The van der Waals surface area contributed by atoms with Crippen molar-refractivity contribution in [2.75, 3.05) is 47.4 Å². The van der Waals surface area contributed by atoms with Crippen LogP contribution in [0.5, 0.6) is 5.75 Å². The Bertz CT molecular complexity index is 1160. The van der Waals surface area contributed by atoms with Crippen LogP contribution in [-0.2, 0) is 9.53 Å². The summed E-state index contributed by atoms with van der Waals surface area (Å²) in [6, 6.07) is 23.3. The molecule has 5 nitrogen and oxygen atoms in total. The SMILES string of the molecule is CO/C(=C\c1ccccc1OCCCN1CCC(c2ccc3ccccc3c2)CC1)C(=O)N(C)C. The smallest absolute Gasteiger partial charge is 0.288 e. The van der Waals surface area contributed by atoms with Crippen molar-refractivity contribution in [3.8, 4) is 5.75 Å². The molecule has 0 aliphatic carbocycles. The summed E-state index contributed by atoms with van der Waals surface area (Å²) in [5.41, 5.74) is 2.32. The molecule has 0 saturated carbocycles. The van der Waals surface area contributed by atoms with Crippen molar-refractivity contribution in [3.05, 3.63) is 83.6 Å². The number of ether oxygens (including phenoxy) is 2. The lowest BCUT2D eigenvalue weighted by Gasteiger charge is -2.32. The number of likely N-dealkylation sites (N-methyl/N-ethyl adjacent to an activating group) is 1. The third kappa shape index (κ3) is 6.43. The summed E-state index contributed by atoms with van der Waals surface area (Å²) in [6.07, 6.45) is 5.11. The number of hydrogen-bond donors (Lipinski definition) is 0. The lowest BCUT2D eigenvalue weighted by Crippen LogP contribution is -2.34. The topological polar surface area (TPSA) is 42.0 Å². The number of likely N-dealkylation sites (tertiary alicyclic amines) is 1. The van der Waals surface area contributed by atoms with Gasteiger partial charge in [0.1, 0.15) is 5.75 Å². The van der Waals surface area contributed by atoms with Crippen LogP contribution in [0.1, 0.15) is 36.3 Å². The lowest BCUT2D eigenvalue weighted by molar-refractivity contribution is -0.127. The minimum Gasteiger partial charge on any atom is -0.493 e. The fourth-order valence-corrected chi connectivity index (χ4v) is 4.72. The highest BCUT2D eigenvalue weighted by molar-refractivity contribution is 5.95. The maximum Gasteiger partial charge on any atom is 0.288 e. The molecule has 1 aliphatic rings. The molecule has 4 rings (SSSR count). The van der Waals surface area contributed by atoms with E-state index in [0.29, 0.717) is 18.3 Å². The second-order valence-electron chi connectivity index (χ2n) is 9.37. The van der Waals surface area contributed by atoms with E-state index in [4.69, 9.17) is 9.47 Å². The van der Waals surface area contributed by atoms with Crippen LogP contribution in [0, 0.1) is 0 Å². The van der Waals surface area contributed by atoms with E-state index in [2.05, 4.69) is 47.4 Å². The van der Waals surface area contributed by atoms with Gasteiger partial charge in [-0.1, -0.05) is 60.7 Å². The van der Waals surface area contributed by atoms with Gasteiger partial charge in [-0.3, -0.25) is 4.79 Å². The first-order valence-electron chi connectivity index (χ1n) is 12.5. The molecule has 0 bridgehead atoms. The van der Waals surface area contributed by atoms with Crippen LogP contribution in [0.2, 0.25) is 0 Å². The molecular weight excluding hydrogens is 436 g/mol. The largest absolute Gasteiger partial charge is 0.493 e. The summed E-state index contributed by atoms with van der Waals surface area (Å²) < 4.78 is 11.4. The summed E-state index contributed by atoms with van der Waals surface area (Å²) in [5, 5.41) is 2.65. The molecule has 0 unspecified atom stereocenters. The summed E-state index contributed by atoms with van der Waals surface area (Å²) in [7, 11) is 4.93. The fourth-order valence-electron chi connectivity index (χ4n) is 4.72. The molecule has 1 heterocycles. The summed E-state index contributed by atoms with van der Waals surface area (Å²) >= 11 is 0. The van der Waals surface area contributed by atoms with Crippen LogP contribution in [0.15, 0.2) is 72.5 Å². The Morgan fingerprint density at radius 1 is 1.00 bits per heavy atom. The molecule has 0 atom stereocenters. The highest BCUT2D eigenvalue weighted by Gasteiger charge is 2.20. The number of nitrogens with zero attached hydrogens (tertiary/aromatic N) is 2. The van der Waals surface area contributed by atoms with Crippen molar-refractivity contribution in [1.82, 2.24) is 9.80 Å². The summed E-state index contributed by atoms with van der Waals surface area (Å²) in [6.45, 7) is 3.92. The Kier molecular flexibility index (Phi) is 8.43. The zero-order chi connectivity index (χ0) is 24.6. The molecule has 1 fully saturated rings. The van der Waals surface area contributed by atoms with Gasteiger partial charge in [-0.2, -0.15) is 0 Å². The van der Waals surface area contributed by atoms with Crippen molar-refractivity contribution in [2.45, 2.75) is 25.2 Å². The second-order valence-corrected chi connectivity index (χ2v) is 9.37. The normalized spacial score (nSPS) is 15.2. The first-order valence-corrected chi connectivity index (χ1v) is 12.5. The maximum absolute atomic E-state index is 12.3. The van der Waals surface area contributed by atoms with Crippen LogP contribution in [0.4, 0.5) is 0 Å². The zero-order valence-electron chi connectivity index (χ0n) is 21.1. The monoisotopic (exact) mass is 472 g/mol. The van der Waals surface area contributed by atoms with Crippen LogP contribution in [-0.4, -0.2) is 63.2 Å². The lowest BCUT2D eigenvalue weighted by atomic mass is 9.88. The predicted octanol–water partition coefficient (Wildman–Crippen LogP) is 5.56. The van der Waals surface area contributed by atoms with Crippen LogP contribution < -0.4 is 4.74 Å². The number of amides is 1. The van der Waals surface area contributed by atoms with Crippen molar-refractivity contribution >= 4 is 22.8 Å². The first kappa shape index (κ1) is 24.8. The zero-order valence-corrected chi connectivity index (χ0v) is 21.1. The summed E-state index contributed by atoms with van der Waals surface area (Å²) in [4.78, 5) is 16.3. The maximum atomic E-state index is 12.3. The van der Waals surface area contributed by atoms with Gasteiger partial charge < -0.3 is 19.3 Å². The van der Waals surface area contributed by atoms with Gasteiger partial charge in [-0.05, 0) is 66.7 Å². The van der Waals surface area contributed by atoms with Crippen LogP contribution in [0.25, 0.3) is 16.8 Å². The molecule has 1 aliphatic heterocycles. The average Bonchev–Trinajstić information content (AvgIpc) is 2.90. The number of rotatable bonds is 9. The fraction of sp³-hybridized carbons (Fsp3) is 0.367. The third-order valence-corrected chi connectivity index (χ3v) is 6.75. The van der Waals surface area contributed by atoms with Gasteiger partial charge in [-0.15, -0.1) is 0 Å².